The van der Waals surface area contributed by atoms with Crippen LogP contribution >= 0.6 is 0 Å². The van der Waals surface area contributed by atoms with Crippen molar-refractivity contribution < 1.29 is 17.9 Å². The van der Waals surface area contributed by atoms with Crippen LogP contribution in [0.5, 0.6) is 5.75 Å². The van der Waals surface area contributed by atoms with Crippen molar-refractivity contribution in [1.29, 1.82) is 0 Å². The van der Waals surface area contributed by atoms with Gasteiger partial charge in [-0.25, -0.2) is 13.1 Å². The van der Waals surface area contributed by atoms with Gasteiger partial charge in [0.05, 0.1) is 11.5 Å². The molecule has 0 aliphatic carbocycles. The van der Waals surface area contributed by atoms with E-state index in [1.807, 2.05) is 49.3 Å². The van der Waals surface area contributed by atoms with E-state index in [1.54, 1.807) is 19.2 Å². The number of ether oxygens (including phenoxy) is 2. The third-order valence-electron chi connectivity index (χ3n) is 3.96. The number of benzene rings is 2. The topological polar surface area (TPSA) is 67.9 Å². The van der Waals surface area contributed by atoms with Crippen molar-refractivity contribution in [1.82, 2.24) is 9.62 Å². The Morgan fingerprint density at radius 3 is 2.23 bits per heavy atom. The molecule has 0 aliphatic heterocycles. The number of sulfonamides is 1. The van der Waals surface area contributed by atoms with E-state index in [1.165, 1.54) is 12.1 Å². The molecule has 0 heterocycles. The van der Waals surface area contributed by atoms with Gasteiger partial charge in [0, 0.05) is 19.7 Å². The highest BCUT2D eigenvalue weighted by molar-refractivity contribution is 7.89. The second-order valence-electron chi connectivity index (χ2n) is 6.05. The van der Waals surface area contributed by atoms with Gasteiger partial charge >= 0.3 is 0 Å². The highest BCUT2D eigenvalue weighted by Gasteiger charge is 2.19. The molecule has 6 nitrogen and oxygen atoms in total. The van der Waals surface area contributed by atoms with Crippen molar-refractivity contribution in [2.24, 2.45) is 0 Å². The molecule has 0 saturated heterocycles. The van der Waals surface area contributed by atoms with E-state index in [2.05, 4.69) is 4.72 Å². The molecule has 2 rings (SSSR count). The first kappa shape index (κ1) is 20.4. The smallest absolute Gasteiger partial charge is 0.240 e. The van der Waals surface area contributed by atoms with Crippen LogP contribution in [0.3, 0.4) is 0 Å². The number of hydrogen-bond acceptors (Lipinski definition) is 5. The molecule has 0 aromatic heterocycles. The van der Waals surface area contributed by atoms with Crippen LogP contribution in [0.15, 0.2) is 59.5 Å². The third-order valence-corrected chi connectivity index (χ3v) is 5.40. The van der Waals surface area contributed by atoms with E-state index in [0.717, 1.165) is 5.56 Å². The summed E-state index contributed by atoms with van der Waals surface area (Å²) in [6.45, 7) is 1.18. The molecule has 0 spiro atoms. The molecule has 1 unspecified atom stereocenters. The summed E-state index contributed by atoms with van der Waals surface area (Å²) in [5.41, 5.74) is 1.06. The Morgan fingerprint density at radius 2 is 1.65 bits per heavy atom. The first-order valence-corrected chi connectivity index (χ1v) is 9.85. The molecule has 2 aromatic carbocycles. The molecule has 1 N–H and O–H groups in total. The first-order valence-electron chi connectivity index (χ1n) is 8.37. The Bertz CT molecular complexity index is 762. The average Bonchev–Trinajstić information content (AvgIpc) is 2.63. The lowest BCUT2D eigenvalue weighted by molar-refractivity contribution is 0.146. The van der Waals surface area contributed by atoms with Crippen LogP contribution in [-0.2, 0) is 14.8 Å². The minimum Gasteiger partial charge on any atom is -0.491 e. The summed E-state index contributed by atoms with van der Waals surface area (Å²) >= 11 is 0. The van der Waals surface area contributed by atoms with Crippen LogP contribution in [-0.4, -0.2) is 54.3 Å². The third kappa shape index (κ3) is 5.81. The SMILES string of the molecule is COCCOc1ccc(S(=O)(=O)NCC(c2ccccc2)N(C)C)cc1. The Balaban J connectivity index is 2.03. The Labute approximate surface area is 155 Å². The molecular weight excluding hydrogens is 352 g/mol. The normalized spacial score (nSPS) is 12.9. The maximum atomic E-state index is 12.6. The summed E-state index contributed by atoms with van der Waals surface area (Å²) in [4.78, 5) is 2.20. The monoisotopic (exact) mass is 378 g/mol. The molecule has 142 valence electrons. The molecule has 0 aliphatic rings. The summed E-state index contributed by atoms with van der Waals surface area (Å²) < 4.78 is 38.2. The lowest BCUT2D eigenvalue weighted by Crippen LogP contribution is -2.34. The van der Waals surface area contributed by atoms with Gasteiger partial charge < -0.3 is 14.4 Å². The molecule has 0 fully saturated rings. The van der Waals surface area contributed by atoms with Crippen LogP contribution in [0.4, 0.5) is 0 Å². The molecule has 0 bridgehead atoms. The molecule has 7 heteroatoms. The second kappa shape index (κ2) is 9.68. The predicted molar refractivity (Wildman–Crippen MR) is 102 cm³/mol. The largest absolute Gasteiger partial charge is 0.491 e. The average molecular weight is 378 g/mol. The lowest BCUT2D eigenvalue weighted by atomic mass is 10.1. The minimum absolute atomic E-state index is 0.0531. The first-order chi connectivity index (χ1) is 12.4. The van der Waals surface area contributed by atoms with Gasteiger partial charge in [0.1, 0.15) is 12.4 Å². The number of rotatable bonds is 10. The van der Waals surface area contributed by atoms with Gasteiger partial charge in [0.25, 0.3) is 0 Å². The molecule has 26 heavy (non-hydrogen) atoms. The number of nitrogens with one attached hydrogen (secondary N) is 1. The van der Waals surface area contributed by atoms with Gasteiger partial charge in [-0.3, -0.25) is 0 Å². The van der Waals surface area contributed by atoms with Gasteiger partial charge in [-0.15, -0.1) is 0 Å². The highest BCUT2D eigenvalue weighted by Crippen LogP contribution is 2.19. The van der Waals surface area contributed by atoms with Crippen LogP contribution in [0.1, 0.15) is 11.6 Å². The van der Waals surface area contributed by atoms with Crippen LogP contribution in [0, 0.1) is 0 Å². The molecule has 0 amide bonds. The maximum absolute atomic E-state index is 12.6. The fourth-order valence-corrected chi connectivity index (χ4v) is 3.54. The fourth-order valence-electron chi connectivity index (χ4n) is 2.50. The van der Waals surface area contributed by atoms with Gasteiger partial charge in [0.15, 0.2) is 0 Å². The van der Waals surface area contributed by atoms with Crippen molar-refractivity contribution in [2.45, 2.75) is 10.9 Å². The predicted octanol–water partition coefficient (Wildman–Crippen LogP) is 2.29. The van der Waals surface area contributed by atoms with E-state index in [9.17, 15) is 8.42 Å². The zero-order chi connectivity index (χ0) is 19.0. The number of methoxy groups -OCH3 is 1. The van der Waals surface area contributed by atoms with Gasteiger partial charge in [-0.1, -0.05) is 30.3 Å². The quantitative estimate of drug-likeness (QED) is 0.643. The number of hydrogen-bond donors (Lipinski definition) is 1. The molecule has 0 radical (unpaired) electrons. The van der Waals surface area contributed by atoms with Crippen molar-refractivity contribution in [2.75, 3.05) is 41.0 Å². The molecular formula is C19H26N2O4S. The summed E-state index contributed by atoms with van der Waals surface area (Å²) in [5.74, 6) is 0.608. The van der Waals surface area contributed by atoms with Crippen molar-refractivity contribution in [3.8, 4) is 5.75 Å². The Hall–Kier alpha value is -1.93. The standard InChI is InChI=1S/C19H26N2O4S/c1-21(2)19(16-7-5-4-6-8-16)15-20-26(22,23)18-11-9-17(10-12-18)25-14-13-24-3/h4-12,19-20H,13-15H2,1-3H3. The van der Waals surface area contributed by atoms with E-state index in [-0.39, 0.29) is 17.5 Å². The zero-order valence-corrected chi connectivity index (χ0v) is 16.2. The lowest BCUT2D eigenvalue weighted by Gasteiger charge is -2.25. The van der Waals surface area contributed by atoms with E-state index < -0.39 is 10.0 Å². The fraction of sp³-hybridized carbons (Fsp3) is 0.368. The Kier molecular flexibility index (Phi) is 7.59. The second-order valence-corrected chi connectivity index (χ2v) is 7.82. The van der Waals surface area contributed by atoms with E-state index in [4.69, 9.17) is 9.47 Å². The van der Waals surface area contributed by atoms with Crippen molar-refractivity contribution in [3.05, 3.63) is 60.2 Å². The minimum atomic E-state index is -3.60. The summed E-state index contributed by atoms with van der Waals surface area (Å²) in [7, 11) is 1.86. The van der Waals surface area contributed by atoms with E-state index >= 15 is 0 Å². The van der Waals surface area contributed by atoms with Crippen LogP contribution < -0.4 is 9.46 Å². The van der Waals surface area contributed by atoms with Crippen molar-refractivity contribution >= 4 is 10.0 Å². The number of nitrogens with zero attached hydrogens (tertiary/aromatic N) is 1. The van der Waals surface area contributed by atoms with E-state index in [0.29, 0.717) is 19.0 Å². The van der Waals surface area contributed by atoms with Gasteiger partial charge in [-0.2, -0.15) is 0 Å². The molecule has 2 aromatic rings. The van der Waals surface area contributed by atoms with Gasteiger partial charge in [-0.05, 0) is 43.9 Å². The zero-order valence-electron chi connectivity index (χ0n) is 15.4. The highest BCUT2D eigenvalue weighted by atomic mass is 32.2. The van der Waals surface area contributed by atoms with Crippen LogP contribution in [0.2, 0.25) is 0 Å². The Morgan fingerprint density at radius 1 is 1.00 bits per heavy atom. The summed E-state index contributed by atoms with van der Waals surface area (Å²) in [6.07, 6.45) is 0. The maximum Gasteiger partial charge on any atom is 0.240 e. The van der Waals surface area contributed by atoms with Crippen LogP contribution in [0.25, 0.3) is 0 Å². The van der Waals surface area contributed by atoms with Gasteiger partial charge in [0.2, 0.25) is 10.0 Å². The summed E-state index contributed by atoms with van der Waals surface area (Å²) in [6, 6.07) is 16.1. The molecule has 1 atom stereocenters. The summed E-state index contributed by atoms with van der Waals surface area (Å²) in [5, 5.41) is 0. The molecule has 0 saturated carbocycles. The number of likely N-dealkylation sites (N-methyl/N-ethyl adjacent to an activating group) is 1. The van der Waals surface area contributed by atoms with Crippen molar-refractivity contribution in [3.63, 3.8) is 0 Å².